The number of ether oxygens (including phenoxy) is 2. The van der Waals surface area contributed by atoms with Crippen LogP contribution in [0.3, 0.4) is 0 Å². The van der Waals surface area contributed by atoms with E-state index >= 15 is 0 Å². The maximum atomic E-state index is 13.1. The molecule has 1 N–H and O–H groups in total. The van der Waals surface area contributed by atoms with E-state index in [1.54, 1.807) is 29.2 Å². The number of rotatable bonds is 4. The topological polar surface area (TPSA) is 67.9 Å². The van der Waals surface area contributed by atoms with E-state index < -0.39 is 0 Å². The lowest BCUT2D eigenvalue weighted by Gasteiger charge is -2.33. The van der Waals surface area contributed by atoms with Crippen molar-refractivity contribution in [1.82, 2.24) is 4.90 Å². The number of aryl methyl sites for hydroxylation is 1. The number of hydrogen-bond acceptors (Lipinski definition) is 4. The minimum atomic E-state index is -0.300. The molecule has 146 valence electrons. The SMILES string of the molecule is O=C1CCc2cc(OCC(=O)N3CCOC(c4ccc(F)cc4)C3)ccc2N1. The molecule has 1 atom stereocenters. The fraction of sp³-hybridized carbons (Fsp3) is 0.333. The Balaban J connectivity index is 1.34. The second-order valence-electron chi connectivity index (χ2n) is 6.91. The summed E-state index contributed by atoms with van der Waals surface area (Å²) in [5, 5.41) is 2.82. The molecule has 2 heterocycles. The highest BCUT2D eigenvalue weighted by Gasteiger charge is 2.26. The molecule has 0 bridgehead atoms. The molecule has 0 saturated carbocycles. The zero-order chi connectivity index (χ0) is 19.5. The fourth-order valence-corrected chi connectivity index (χ4v) is 3.44. The van der Waals surface area contributed by atoms with E-state index in [0.29, 0.717) is 38.3 Å². The monoisotopic (exact) mass is 384 g/mol. The highest BCUT2D eigenvalue weighted by molar-refractivity contribution is 5.94. The Bertz CT molecular complexity index is 884. The largest absolute Gasteiger partial charge is 0.484 e. The van der Waals surface area contributed by atoms with Gasteiger partial charge in [0.05, 0.1) is 13.2 Å². The predicted octanol–water partition coefficient (Wildman–Crippen LogP) is 2.69. The van der Waals surface area contributed by atoms with Gasteiger partial charge in [-0.1, -0.05) is 12.1 Å². The lowest BCUT2D eigenvalue weighted by molar-refractivity contribution is -0.141. The average Bonchev–Trinajstić information content (AvgIpc) is 2.72. The van der Waals surface area contributed by atoms with Crippen LogP contribution in [0.1, 0.15) is 23.7 Å². The molecule has 0 spiro atoms. The number of morpholine rings is 1. The number of hydrogen-bond donors (Lipinski definition) is 1. The van der Waals surface area contributed by atoms with Crippen molar-refractivity contribution in [1.29, 1.82) is 0 Å². The van der Waals surface area contributed by atoms with Crippen molar-refractivity contribution in [3.8, 4) is 5.75 Å². The van der Waals surface area contributed by atoms with Crippen LogP contribution < -0.4 is 10.1 Å². The Hall–Kier alpha value is -2.93. The number of fused-ring (bicyclic) bond motifs is 1. The van der Waals surface area contributed by atoms with E-state index in [4.69, 9.17) is 9.47 Å². The molecule has 2 amide bonds. The number of halogens is 1. The predicted molar refractivity (Wildman–Crippen MR) is 101 cm³/mol. The molecule has 0 aliphatic carbocycles. The first-order valence-electron chi connectivity index (χ1n) is 9.29. The number of nitrogens with zero attached hydrogens (tertiary/aromatic N) is 1. The Labute approximate surface area is 162 Å². The average molecular weight is 384 g/mol. The molecule has 6 nitrogen and oxygen atoms in total. The summed E-state index contributed by atoms with van der Waals surface area (Å²) < 4.78 is 24.5. The Morgan fingerprint density at radius 1 is 1.21 bits per heavy atom. The maximum Gasteiger partial charge on any atom is 0.260 e. The normalized spacial score (nSPS) is 19.0. The lowest BCUT2D eigenvalue weighted by Crippen LogP contribution is -2.44. The third-order valence-electron chi connectivity index (χ3n) is 5.00. The van der Waals surface area contributed by atoms with Gasteiger partial charge in [0.1, 0.15) is 17.7 Å². The van der Waals surface area contributed by atoms with Gasteiger partial charge < -0.3 is 19.7 Å². The van der Waals surface area contributed by atoms with Crippen molar-refractivity contribution >= 4 is 17.5 Å². The van der Waals surface area contributed by atoms with Gasteiger partial charge in [-0.15, -0.1) is 0 Å². The summed E-state index contributed by atoms with van der Waals surface area (Å²) in [6, 6.07) is 11.5. The molecule has 1 fully saturated rings. The van der Waals surface area contributed by atoms with Gasteiger partial charge in [-0.25, -0.2) is 4.39 Å². The minimum Gasteiger partial charge on any atom is -0.484 e. The van der Waals surface area contributed by atoms with Gasteiger partial charge in [-0.05, 0) is 47.9 Å². The highest BCUT2D eigenvalue weighted by Crippen LogP contribution is 2.27. The molecule has 2 aliphatic heterocycles. The molecule has 7 heteroatoms. The van der Waals surface area contributed by atoms with Crippen molar-refractivity contribution in [3.05, 3.63) is 59.4 Å². The van der Waals surface area contributed by atoms with E-state index in [2.05, 4.69) is 5.32 Å². The van der Waals surface area contributed by atoms with Crippen LogP contribution >= 0.6 is 0 Å². The van der Waals surface area contributed by atoms with Crippen molar-refractivity contribution < 1.29 is 23.5 Å². The molecule has 2 aliphatic rings. The smallest absolute Gasteiger partial charge is 0.260 e. The molecule has 28 heavy (non-hydrogen) atoms. The summed E-state index contributed by atoms with van der Waals surface area (Å²) in [7, 11) is 0. The first kappa shape index (κ1) is 18.4. The van der Waals surface area contributed by atoms with Gasteiger partial charge in [-0.3, -0.25) is 9.59 Å². The third kappa shape index (κ3) is 4.14. The van der Waals surface area contributed by atoms with Crippen molar-refractivity contribution in [2.75, 3.05) is 31.6 Å². The third-order valence-corrected chi connectivity index (χ3v) is 5.00. The summed E-state index contributed by atoms with van der Waals surface area (Å²) in [5.41, 5.74) is 2.65. The van der Waals surface area contributed by atoms with Crippen LogP contribution in [0, 0.1) is 5.82 Å². The second-order valence-corrected chi connectivity index (χ2v) is 6.91. The summed E-state index contributed by atoms with van der Waals surface area (Å²) >= 11 is 0. The van der Waals surface area contributed by atoms with E-state index in [0.717, 1.165) is 16.8 Å². The molecular formula is C21H21FN2O4. The summed E-state index contributed by atoms with van der Waals surface area (Å²) in [4.78, 5) is 25.7. The molecule has 1 unspecified atom stereocenters. The summed E-state index contributed by atoms with van der Waals surface area (Å²) in [6.07, 6.45) is 0.842. The second kappa shape index (κ2) is 7.98. The number of anilines is 1. The lowest BCUT2D eigenvalue weighted by atomic mass is 10.0. The molecule has 0 aromatic heterocycles. The van der Waals surface area contributed by atoms with Crippen LogP contribution in [-0.4, -0.2) is 43.0 Å². The number of carbonyl (C=O) groups excluding carboxylic acids is 2. The van der Waals surface area contributed by atoms with Crippen molar-refractivity contribution in [3.63, 3.8) is 0 Å². The first-order valence-corrected chi connectivity index (χ1v) is 9.29. The molecular weight excluding hydrogens is 363 g/mol. The van der Waals surface area contributed by atoms with Crippen LogP contribution in [0.25, 0.3) is 0 Å². The standard InChI is InChI=1S/C21H21FN2O4/c22-16-4-1-14(2-5-16)19-12-24(9-10-27-19)21(26)13-28-17-6-7-18-15(11-17)3-8-20(25)23-18/h1-2,4-7,11,19H,3,8-10,12-13H2,(H,23,25). The number of benzene rings is 2. The fourth-order valence-electron chi connectivity index (χ4n) is 3.44. The van der Waals surface area contributed by atoms with Gasteiger partial charge in [0.15, 0.2) is 6.61 Å². The Morgan fingerprint density at radius 2 is 2.04 bits per heavy atom. The molecule has 2 aromatic rings. The van der Waals surface area contributed by atoms with Gasteiger partial charge >= 0.3 is 0 Å². The zero-order valence-electron chi connectivity index (χ0n) is 15.3. The van der Waals surface area contributed by atoms with Crippen LogP contribution in [0.4, 0.5) is 10.1 Å². The number of nitrogens with one attached hydrogen (secondary N) is 1. The zero-order valence-corrected chi connectivity index (χ0v) is 15.3. The number of amides is 2. The van der Waals surface area contributed by atoms with Crippen LogP contribution in [0.5, 0.6) is 5.75 Å². The quantitative estimate of drug-likeness (QED) is 0.880. The van der Waals surface area contributed by atoms with E-state index in [9.17, 15) is 14.0 Å². The van der Waals surface area contributed by atoms with Crippen LogP contribution in [0.2, 0.25) is 0 Å². The first-order chi connectivity index (χ1) is 13.6. The molecule has 2 aromatic carbocycles. The van der Waals surface area contributed by atoms with Crippen molar-refractivity contribution in [2.24, 2.45) is 0 Å². The van der Waals surface area contributed by atoms with Gasteiger partial charge in [0, 0.05) is 18.7 Å². The van der Waals surface area contributed by atoms with E-state index in [-0.39, 0.29) is 30.3 Å². The van der Waals surface area contributed by atoms with Crippen LogP contribution in [0.15, 0.2) is 42.5 Å². The Kier molecular flexibility index (Phi) is 5.25. The van der Waals surface area contributed by atoms with Gasteiger partial charge in [0.25, 0.3) is 5.91 Å². The van der Waals surface area contributed by atoms with E-state index in [1.807, 2.05) is 6.07 Å². The van der Waals surface area contributed by atoms with Crippen molar-refractivity contribution in [2.45, 2.75) is 18.9 Å². The van der Waals surface area contributed by atoms with Gasteiger partial charge in [0.2, 0.25) is 5.91 Å². The summed E-state index contributed by atoms with van der Waals surface area (Å²) in [5.74, 6) is 0.193. The summed E-state index contributed by atoms with van der Waals surface area (Å²) in [6.45, 7) is 1.26. The maximum absolute atomic E-state index is 13.1. The molecule has 1 saturated heterocycles. The molecule has 4 rings (SSSR count). The number of carbonyl (C=O) groups is 2. The highest BCUT2D eigenvalue weighted by atomic mass is 19.1. The van der Waals surface area contributed by atoms with E-state index in [1.165, 1.54) is 12.1 Å². The molecule has 0 radical (unpaired) electrons. The minimum absolute atomic E-state index is 0.0133. The van der Waals surface area contributed by atoms with Crippen LogP contribution in [-0.2, 0) is 20.7 Å². The Morgan fingerprint density at radius 3 is 2.86 bits per heavy atom. The van der Waals surface area contributed by atoms with Gasteiger partial charge in [-0.2, -0.15) is 0 Å².